The van der Waals surface area contributed by atoms with E-state index in [0.29, 0.717) is 48.0 Å². The first kappa shape index (κ1) is 31.0. The highest BCUT2D eigenvalue weighted by Crippen LogP contribution is 2.40. The highest BCUT2D eigenvalue weighted by molar-refractivity contribution is 7.89. The van der Waals surface area contributed by atoms with Crippen LogP contribution >= 0.6 is 0 Å². The number of carbonyl (C=O) groups excluding carboxylic acids is 1. The second kappa shape index (κ2) is 12.4. The predicted octanol–water partition coefficient (Wildman–Crippen LogP) is 5.67. The van der Waals surface area contributed by atoms with E-state index in [4.69, 9.17) is 4.74 Å². The number of anilines is 2. The molecule has 1 N–H and O–H groups in total. The molecule has 12 heteroatoms. The third-order valence-corrected chi connectivity index (χ3v) is 11.0. The van der Waals surface area contributed by atoms with E-state index in [1.54, 1.807) is 41.3 Å². The summed E-state index contributed by atoms with van der Waals surface area (Å²) in [6, 6.07) is 12.3. The first-order valence-electron chi connectivity index (χ1n) is 15.6. The van der Waals surface area contributed by atoms with Crippen molar-refractivity contribution in [1.29, 1.82) is 0 Å². The summed E-state index contributed by atoms with van der Waals surface area (Å²) in [7, 11) is -3.76. The third kappa shape index (κ3) is 5.78. The van der Waals surface area contributed by atoms with Crippen LogP contribution in [0.15, 0.2) is 47.4 Å². The van der Waals surface area contributed by atoms with E-state index in [-0.39, 0.29) is 40.5 Å². The smallest absolute Gasteiger partial charge is 0.294 e. The molecule has 1 saturated heterocycles. The first-order valence-corrected chi connectivity index (χ1v) is 17.0. The normalized spacial score (nSPS) is 18.9. The molecule has 45 heavy (non-hydrogen) atoms. The number of nitro benzene ring substituents is 1. The fourth-order valence-corrected chi connectivity index (χ4v) is 8.21. The molecule has 238 valence electrons. The van der Waals surface area contributed by atoms with E-state index >= 15 is 0 Å². The summed E-state index contributed by atoms with van der Waals surface area (Å²) in [5, 5.41) is 15.5. The van der Waals surface area contributed by atoms with Gasteiger partial charge in [0.05, 0.1) is 34.4 Å². The van der Waals surface area contributed by atoms with E-state index in [1.165, 1.54) is 10.7 Å². The molecule has 1 aliphatic carbocycles. The molecule has 2 aliphatic heterocycles. The number of nitro groups is 1. The summed E-state index contributed by atoms with van der Waals surface area (Å²) in [5.41, 5.74) is 5.27. The van der Waals surface area contributed by atoms with Crippen LogP contribution in [0.2, 0.25) is 0 Å². The Labute approximate surface area is 263 Å². The molecule has 0 bridgehead atoms. The van der Waals surface area contributed by atoms with Crippen molar-refractivity contribution in [2.24, 2.45) is 0 Å². The molecule has 0 radical (unpaired) electrons. The molecule has 0 atom stereocenters. The van der Waals surface area contributed by atoms with E-state index in [0.717, 1.165) is 42.6 Å². The lowest BCUT2D eigenvalue weighted by atomic mass is 9.95. The Morgan fingerprint density at radius 3 is 2.47 bits per heavy atom. The van der Waals surface area contributed by atoms with Crippen molar-refractivity contribution in [3.8, 4) is 5.69 Å². The average molecular weight is 634 g/mol. The van der Waals surface area contributed by atoms with Gasteiger partial charge < -0.3 is 19.5 Å². The Morgan fingerprint density at radius 2 is 1.78 bits per heavy atom. The molecule has 3 heterocycles. The number of carbonyl (C=O) groups is 1. The Bertz CT molecular complexity index is 1780. The van der Waals surface area contributed by atoms with Gasteiger partial charge in [-0.15, -0.1) is 0 Å². The number of aromatic nitrogens is 1. The van der Waals surface area contributed by atoms with Crippen LogP contribution in [-0.2, 0) is 19.6 Å². The number of nitrogens with one attached hydrogen (secondary N) is 1. The molecule has 1 saturated carbocycles. The quantitative estimate of drug-likeness (QED) is 0.192. The predicted molar refractivity (Wildman–Crippen MR) is 174 cm³/mol. The van der Waals surface area contributed by atoms with Gasteiger partial charge in [0.15, 0.2) is 0 Å². The summed E-state index contributed by atoms with van der Waals surface area (Å²) >= 11 is 0. The SMILES string of the molecule is CCN1C(=O)C(=Cc2cc(C)n(-c3ccc(NC4CCCCC4)c([N+](=O)[O-])c3)c2C)c2cc(S(=O)(=O)N3CCOCC3)ccc21. The molecule has 2 fully saturated rings. The van der Waals surface area contributed by atoms with Crippen LogP contribution in [0.25, 0.3) is 17.3 Å². The Kier molecular flexibility index (Phi) is 8.55. The van der Waals surface area contributed by atoms with Crippen molar-refractivity contribution in [3.63, 3.8) is 0 Å². The molecule has 11 nitrogen and oxygen atoms in total. The highest BCUT2D eigenvalue weighted by atomic mass is 32.2. The number of amides is 1. The molecular formula is C33H39N5O6S. The number of likely N-dealkylation sites (N-methyl/N-ethyl adjacent to an activating group) is 1. The van der Waals surface area contributed by atoms with Crippen molar-refractivity contribution < 1.29 is 22.9 Å². The van der Waals surface area contributed by atoms with Gasteiger partial charge in [-0.05, 0) is 81.7 Å². The Balaban J connectivity index is 1.37. The lowest BCUT2D eigenvalue weighted by Gasteiger charge is -2.26. The van der Waals surface area contributed by atoms with Gasteiger partial charge in [-0.3, -0.25) is 14.9 Å². The van der Waals surface area contributed by atoms with Crippen LogP contribution in [0, 0.1) is 24.0 Å². The molecule has 0 spiro atoms. The van der Waals surface area contributed by atoms with Crippen LogP contribution in [0.5, 0.6) is 0 Å². The first-order chi connectivity index (χ1) is 21.6. The molecule has 1 aromatic heterocycles. The molecule has 3 aliphatic rings. The minimum Gasteiger partial charge on any atom is -0.379 e. The number of hydrogen-bond donors (Lipinski definition) is 1. The van der Waals surface area contributed by atoms with Crippen molar-refractivity contribution >= 4 is 44.6 Å². The van der Waals surface area contributed by atoms with Gasteiger partial charge in [0.2, 0.25) is 10.0 Å². The molecule has 2 aromatic carbocycles. The van der Waals surface area contributed by atoms with E-state index in [9.17, 15) is 23.3 Å². The van der Waals surface area contributed by atoms with Crippen LogP contribution in [0.3, 0.4) is 0 Å². The third-order valence-electron chi connectivity index (χ3n) is 9.12. The standard InChI is InChI=1S/C33H39N5O6S/c1-4-36-31-13-11-27(45(42,43)35-14-16-44-17-15-35)21-28(31)29(33(36)39)19-24-18-22(2)37(23(24)3)26-10-12-30(32(20-26)38(40)41)34-25-8-6-5-7-9-25/h10-13,18-21,25,34H,4-9,14-17H2,1-3H3. The van der Waals surface area contributed by atoms with Gasteiger partial charge in [-0.2, -0.15) is 4.31 Å². The van der Waals surface area contributed by atoms with Gasteiger partial charge >= 0.3 is 0 Å². The Morgan fingerprint density at radius 1 is 1.04 bits per heavy atom. The van der Waals surface area contributed by atoms with Gasteiger partial charge in [0.25, 0.3) is 11.6 Å². The molecule has 3 aromatic rings. The summed E-state index contributed by atoms with van der Waals surface area (Å²) in [5.74, 6) is -0.202. The molecular weight excluding hydrogens is 594 g/mol. The van der Waals surface area contributed by atoms with E-state index < -0.39 is 10.0 Å². The maximum atomic E-state index is 13.6. The molecule has 1 amide bonds. The fraction of sp³-hybridized carbons (Fsp3) is 0.424. The maximum Gasteiger partial charge on any atom is 0.294 e. The average Bonchev–Trinajstić information content (AvgIpc) is 3.48. The second-order valence-electron chi connectivity index (χ2n) is 11.9. The van der Waals surface area contributed by atoms with Crippen LogP contribution in [0.4, 0.5) is 17.1 Å². The highest BCUT2D eigenvalue weighted by Gasteiger charge is 2.35. The number of benzene rings is 2. The number of nitrogens with zero attached hydrogens (tertiary/aromatic N) is 4. The number of ether oxygens (including phenoxy) is 1. The van der Waals surface area contributed by atoms with Crippen molar-refractivity contribution in [2.75, 3.05) is 43.1 Å². The summed E-state index contributed by atoms with van der Waals surface area (Å²) in [6.45, 7) is 7.40. The lowest BCUT2D eigenvalue weighted by molar-refractivity contribution is -0.384. The number of hydrogen-bond acceptors (Lipinski definition) is 7. The minimum atomic E-state index is -3.76. The zero-order valence-electron chi connectivity index (χ0n) is 25.9. The van der Waals surface area contributed by atoms with Gasteiger partial charge in [0.1, 0.15) is 5.69 Å². The van der Waals surface area contributed by atoms with Gasteiger partial charge in [0, 0.05) is 54.3 Å². The van der Waals surface area contributed by atoms with Crippen LogP contribution in [0.1, 0.15) is 61.5 Å². The zero-order valence-corrected chi connectivity index (χ0v) is 26.7. The topological polar surface area (TPSA) is 127 Å². The van der Waals surface area contributed by atoms with Crippen molar-refractivity contribution in [2.45, 2.75) is 63.8 Å². The van der Waals surface area contributed by atoms with Crippen molar-refractivity contribution in [3.05, 3.63) is 75.1 Å². The van der Waals surface area contributed by atoms with Gasteiger partial charge in [-0.25, -0.2) is 8.42 Å². The fourth-order valence-electron chi connectivity index (χ4n) is 6.77. The summed E-state index contributed by atoms with van der Waals surface area (Å²) in [6.07, 6.45) is 7.25. The largest absolute Gasteiger partial charge is 0.379 e. The lowest BCUT2D eigenvalue weighted by Crippen LogP contribution is -2.40. The van der Waals surface area contributed by atoms with Gasteiger partial charge in [-0.1, -0.05) is 19.3 Å². The summed E-state index contributed by atoms with van der Waals surface area (Å²) < 4.78 is 35.6. The second-order valence-corrected chi connectivity index (χ2v) is 13.8. The summed E-state index contributed by atoms with van der Waals surface area (Å²) in [4.78, 5) is 27.2. The Hall–Kier alpha value is -4.00. The number of morpholine rings is 1. The van der Waals surface area contributed by atoms with Crippen molar-refractivity contribution in [1.82, 2.24) is 8.87 Å². The maximum absolute atomic E-state index is 13.6. The number of aryl methyl sites for hydroxylation is 1. The van der Waals surface area contributed by atoms with E-state index in [2.05, 4.69) is 5.32 Å². The zero-order chi connectivity index (χ0) is 31.9. The number of sulfonamides is 1. The molecule has 6 rings (SSSR count). The monoisotopic (exact) mass is 633 g/mol. The van der Waals surface area contributed by atoms with Crippen LogP contribution in [-0.4, -0.2) is 67.0 Å². The van der Waals surface area contributed by atoms with E-state index in [1.807, 2.05) is 37.5 Å². The number of rotatable bonds is 8. The van der Waals surface area contributed by atoms with Crippen LogP contribution < -0.4 is 10.2 Å². The minimum absolute atomic E-state index is 0.0259. The number of fused-ring (bicyclic) bond motifs is 1. The molecule has 0 unspecified atom stereocenters.